The number of anilines is 2. The van der Waals surface area contributed by atoms with Crippen molar-refractivity contribution in [3.8, 4) is 0 Å². The third-order valence-electron chi connectivity index (χ3n) is 3.17. The Balaban J connectivity index is 2.41. The highest BCUT2D eigenvalue weighted by atomic mass is 32.2. The fourth-order valence-electron chi connectivity index (χ4n) is 1.85. The molecule has 2 aromatic rings. The minimum Gasteiger partial charge on any atom is -0.398 e. The number of carbonyl (C=O) groups excluding carboxylic acids is 1. The Morgan fingerprint density at radius 3 is 2.48 bits per heavy atom. The summed E-state index contributed by atoms with van der Waals surface area (Å²) < 4.78 is 27.2. The fraction of sp³-hybridized carbons (Fsp3) is 0.133. The average Bonchev–Trinajstić information content (AvgIpc) is 2.44. The molecule has 0 fully saturated rings. The molecule has 0 atom stereocenters. The number of ketones is 1. The lowest BCUT2D eigenvalue weighted by molar-refractivity contribution is 0.101. The summed E-state index contributed by atoms with van der Waals surface area (Å²) >= 11 is 0. The molecule has 0 aliphatic rings. The van der Waals surface area contributed by atoms with Crippen LogP contribution >= 0.6 is 0 Å². The minimum atomic E-state index is -3.77. The molecular weight excluding hydrogens is 288 g/mol. The maximum atomic E-state index is 12.4. The molecule has 0 bridgehead atoms. The van der Waals surface area contributed by atoms with Crippen LogP contribution in [0.2, 0.25) is 0 Å². The first kappa shape index (κ1) is 15.1. The SMILES string of the molecule is CC(=O)c1cccc(S(=O)(=O)Nc2cccc(N)c2C)c1. The van der Waals surface area contributed by atoms with E-state index in [0.29, 0.717) is 22.5 Å². The van der Waals surface area contributed by atoms with Crippen molar-refractivity contribution >= 4 is 27.2 Å². The van der Waals surface area contributed by atoms with Crippen LogP contribution < -0.4 is 10.5 Å². The zero-order valence-electron chi connectivity index (χ0n) is 11.8. The molecule has 0 aliphatic heterocycles. The van der Waals surface area contributed by atoms with Gasteiger partial charge in [-0.2, -0.15) is 0 Å². The summed E-state index contributed by atoms with van der Waals surface area (Å²) in [6.45, 7) is 3.13. The number of nitrogens with one attached hydrogen (secondary N) is 1. The lowest BCUT2D eigenvalue weighted by atomic mass is 10.2. The zero-order chi connectivity index (χ0) is 15.6. The van der Waals surface area contributed by atoms with E-state index in [9.17, 15) is 13.2 Å². The minimum absolute atomic E-state index is 0.0389. The molecule has 0 unspecified atom stereocenters. The molecule has 2 aromatic carbocycles. The molecule has 0 aliphatic carbocycles. The van der Waals surface area contributed by atoms with E-state index in [4.69, 9.17) is 5.73 Å². The Bertz CT molecular complexity index is 798. The second-order valence-electron chi connectivity index (χ2n) is 4.71. The van der Waals surface area contributed by atoms with Crippen molar-refractivity contribution in [3.05, 3.63) is 53.6 Å². The largest absolute Gasteiger partial charge is 0.398 e. The predicted molar refractivity (Wildman–Crippen MR) is 82.8 cm³/mol. The third kappa shape index (κ3) is 3.22. The quantitative estimate of drug-likeness (QED) is 0.671. The summed E-state index contributed by atoms with van der Waals surface area (Å²) in [7, 11) is -3.77. The van der Waals surface area contributed by atoms with Crippen LogP contribution in [0.3, 0.4) is 0 Å². The molecule has 6 heteroatoms. The van der Waals surface area contributed by atoms with Crippen molar-refractivity contribution in [1.29, 1.82) is 0 Å². The number of hydrogen-bond donors (Lipinski definition) is 2. The molecule has 5 nitrogen and oxygen atoms in total. The van der Waals surface area contributed by atoms with Gasteiger partial charge in [0.2, 0.25) is 0 Å². The molecule has 0 saturated heterocycles. The highest BCUT2D eigenvalue weighted by molar-refractivity contribution is 7.92. The Kier molecular flexibility index (Phi) is 3.99. The van der Waals surface area contributed by atoms with E-state index < -0.39 is 10.0 Å². The average molecular weight is 304 g/mol. The first-order valence-electron chi connectivity index (χ1n) is 6.30. The van der Waals surface area contributed by atoms with Gasteiger partial charge in [-0.15, -0.1) is 0 Å². The maximum absolute atomic E-state index is 12.4. The van der Waals surface area contributed by atoms with Gasteiger partial charge in [0.15, 0.2) is 5.78 Å². The number of nitrogen functional groups attached to an aromatic ring is 1. The van der Waals surface area contributed by atoms with E-state index in [0.717, 1.165) is 0 Å². The normalized spacial score (nSPS) is 11.1. The van der Waals surface area contributed by atoms with Gasteiger partial charge in [-0.3, -0.25) is 9.52 Å². The molecule has 0 saturated carbocycles. The summed E-state index contributed by atoms with van der Waals surface area (Å²) in [4.78, 5) is 11.4. The van der Waals surface area contributed by atoms with Crippen LogP contribution in [0.5, 0.6) is 0 Å². The number of nitrogens with two attached hydrogens (primary N) is 1. The van der Waals surface area contributed by atoms with Crippen LogP contribution in [0.15, 0.2) is 47.4 Å². The van der Waals surface area contributed by atoms with Crippen LogP contribution in [-0.2, 0) is 10.0 Å². The molecule has 0 amide bonds. The van der Waals surface area contributed by atoms with Crippen LogP contribution in [0.4, 0.5) is 11.4 Å². The summed E-state index contributed by atoms with van der Waals surface area (Å²) in [5, 5.41) is 0. The van der Waals surface area contributed by atoms with Gasteiger partial charge in [0.25, 0.3) is 10.0 Å². The van der Waals surface area contributed by atoms with Gasteiger partial charge in [0.1, 0.15) is 0 Å². The van der Waals surface area contributed by atoms with Crippen LogP contribution in [0, 0.1) is 6.92 Å². The monoisotopic (exact) mass is 304 g/mol. The molecule has 2 rings (SSSR count). The summed E-state index contributed by atoms with van der Waals surface area (Å²) in [5.74, 6) is -0.188. The number of carbonyl (C=O) groups is 1. The second kappa shape index (κ2) is 5.57. The smallest absolute Gasteiger partial charge is 0.261 e. The molecule has 0 spiro atoms. The first-order chi connectivity index (χ1) is 9.81. The summed E-state index contributed by atoms with van der Waals surface area (Å²) in [6.07, 6.45) is 0. The van der Waals surface area contributed by atoms with Gasteiger partial charge in [-0.1, -0.05) is 18.2 Å². The topological polar surface area (TPSA) is 89.3 Å². The highest BCUT2D eigenvalue weighted by Gasteiger charge is 2.16. The number of sulfonamides is 1. The second-order valence-corrected chi connectivity index (χ2v) is 6.39. The zero-order valence-corrected chi connectivity index (χ0v) is 12.6. The van der Waals surface area contributed by atoms with E-state index in [1.54, 1.807) is 31.2 Å². The molecule has 0 radical (unpaired) electrons. The number of Topliss-reactive ketones (excluding diaryl/α,β-unsaturated/α-hetero) is 1. The third-order valence-corrected chi connectivity index (χ3v) is 4.53. The maximum Gasteiger partial charge on any atom is 0.261 e. The van der Waals surface area contributed by atoms with Crippen LogP contribution in [0.1, 0.15) is 22.8 Å². The molecular formula is C15H16N2O3S. The van der Waals surface area contributed by atoms with Gasteiger partial charge in [-0.25, -0.2) is 8.42 Å². The number of rotatable bonds is 4. The Morgan fingerprint density at radius 2 is 1.81 bits per heavy atom. The number of benzene rings is 2. The van der Waals surface area contributed by atoms with Gasteiger partial charge in [-0.05, 0) is 43.7 Å². The molecule has 3 N–H and O–H groups in total. The van der Waals surface area contributed by atoms with E-state index in [-0.39, 0.29) is 10.7 Å². The van der Waals surface area contributed by atoms with Gasteiger partial charge in [0.05, 0.1) is 10.6 Å². The Hall–Kier alpha value is -2.34. The van der Waals surface area contributed by atoms with Crippen molar-refractivity contribution in [3.63, 3.8) is 0 Å². The molecule has 0 heterocycles. The molecule has 0 aromatic heterocycles. The van der Waals surface area contributed by atoms with Crippen LogP contribution in [0.25, 0.3) is 0 Å². The van der Waals surface area contributed by atoms with E-state index >= 15 is 0 Å². The van der Waals surface area contributed by atoms with Crippen molar-refractivity contribution < 1.29 is 13.2 Å². The molecule has 21 heavy (non-hydrogen) atoms. The summed E-state index contributed by atoms with van der Waals surface area (Å²) in [5.41, 5.74) is 7.69. The van der Waals surface area contributed by atoms with Gasteiger partial charge >= 0.3 is 0 Å². The Labute approximate surface area is 123 Å². The lowest BCUT2D eigenvalue weighted by Crippen LogP contribution is -2.14. The molecule has 110 valence electrons. The Morgan fingerprint density at radius 1 is 1.14 bits per heavy atom. The van der Waals surface area contributed by atoms with Crippen molar-refractivity contribution in [1.82, 2.24) is 0 Å². The van der Waals surface area contributed by atoms with Gasteiger partial charge in [0, 0.05) is 11.3 Å². The van der Waals surface area contributed by atoms with Crippen molar-refractivity contribution in [2.45, 2.75) is 18.7 Å². The van der Waals surface area contributed by atoms with Crippen LogP contribution in [-0.4, -0.2) is 14.2 Å². The lowest BCUT2D eigenvalue weighted by Gasteiger charge is -2.12. The summed E-state index contributed by atoms with van der Waals surface area (Å²) in [6, 6.07) is 10.9. The van der Waals surface area contributed by atoms with E-state index in [1.165, 1.54) is 25.1 Å². The van der Waals surface area contributed by atoms with E-state index in [2.05, 4.69) is 4.72 Å². The first-order valence-corrected chi connectivity index (χ1v) is 7.78. The standard InChI is InChI=1S/C15H16N2O3S/c1-10-14(16)7-4-8-15(10)17-21(19,20)13-6-3-5-12(9-13)11(2)18/h3-9,17H,16H2,1-2H3. The van der Waals surface area contributed by atoms with E-state index in [1.807, 2.05) is 0 Å². The number of hydrogen-bond acceptors (Lipinski definition) is 4. The fourth-order valence-corrected chi connectivity index (χ4v) is 3.02. The van der Waals surface area contributed by atoms with Gasteiger partial charge < -0.3 is 5.73 Å². The van der Waals surface area contributed by atoms with Crippen molar-refractivity contribution in [2.24, 2.45) is 0 Å². The highest BCUT2D eigenvalue weighted by Crippen LogP contribution is 2.24. The predicted octanol–water partition coefficient (Wildman–Crippen LogP) is 2.58. The van der Waals surface area contributed by atoms with Crippen molar-refractivity contribution in [2.75, 3.05) is 10.5 Å².